The second-order valence-electron chi connectivity index (χ2n) is 3.55. The van der Waals surface area contributed by atoms with Gasteiger partial charge in [-0.1, -0.05) is 12.8 Å². The maximum atomic E-state index is 8.88. The number of hydrogen-bond donors (Lipinski definition) is 1. The summed E-state index contributed by atoms with van der Waals surface area (Å²) in [4.78, 5) is 0. The lowest BCUT2D eigenvalue weighted by molar-refractivity contribution is 0.166. The summed E-state index contributed by atoms with van der Waals surface area (Å²) in [7, 11) is 0. The van der Waals surface area contributed by atoms with Gasteiger partial charge in [-0.05, 0) is 31.1 Å². The average Bonchev–Trinajstić information content (AvgIpc) is 2.07. The molecule has 0 aromatic heterocycles. The number of rotatable bonds is 3. The number of hydrogen-bond acceptors (Lipinski definition) is 1. The molecule has 0 aliphatic heterocycles. The Labute approximate surface area is 73.8 Å². The Morgan fingerprint density at radius 1 is 1.09 bits per heavy atom. The molecule has 0 aromatic carbocycles. The van der Waals surface area contributed by atoms with E-state index in [0.717, 1.165) is 11.8 Å². The third-order valence-electron chi connectivity index (χ3n) is 2.74. The molecule has 1 fully saturated rings. The highest BCUT2D eigenvalue weighted by Crippen LogP contribution is 2.30. The fourth-order valence-electron chi connectivity index (χ4n) is 1.86. The highest BCUT2D eigenvalue weighted by Gasteiger charge is 2.19. The molecule has 0 radical (unpaired) electrons. The van der Waals surface area contributed by atoms with E-state index in [0.29, 0.717) is 12.5 Å². The van der Waals surface area contributed by atoms with Gasteiger partial charge in [0.1, 0.15) is 0 Å². The summed E-state index contributed by atoms with van der Waals surface area (Å²) < 4.78 is 0. The van der Waals surface area contributed by atoms with E-state index in [9.17, 15) is 0 Å². The third kappa shape index (κ3) is 3.00. The SMILES string of the molecule is OCC1CCC(CCCl)CC1. The summed E-state index contributed by atoms with van der Waals surface area (Å²) in [6.07, 6.45) is 6.13. The molecule has 0 heterocycles. The molecule has 1 aliphatic carbocycles. The summed E-state index contributed by atoms with van der Waals surface area (Å²) in [5.74, 6) is 2.23. The van der Waals surface area contributed by atoms with Crippen LogP contribution in [0.15, 0.2) is 0 Å². The highest BCUT2D eigenvalue weighted by molar-refractivity contribution is 6.17. The Morgan fingerprint density at radius 2 is 1.64 bits per heavy atom. The quantitative estimate of drug-likeness (QED) is 0.655. The predicted molar refractivity (Wildman–Crippen MR) is 47.9 cm³/mol. The van der Waals surface area contributed by atoms with Gasteiger partial charge in [0.15, 0.2) is 0 Å². The van der Waals surface area contributed by atoms with Crippen LogP contribution in [0.5, 0.6) is 0 Å². The lowest BCUT2D eigenvalue weighted by atomic mass is 9.81. The summed E-state index contributed by atoms with van der Waals surface area (Å²) in [5.41, 5.74) is 0. The second-order valence-corrected chi connectivity index (χ2v) is 3.92. The van der Waals surface area contributed by atoms with E-state index < -0.39 is 0 Å². The molecule has 66 valence electrons. The van der Waals surface area contributed by atoms with Gasteiger partial charge >= 0.3 is 0 Å². The third-order valence-corrected chi connectivity index (χ3v) is 2.96. The Bertz CT molecular complexity index is 97.7. The predicted octanol–water partition coefficient (Wildman–Crippen LogP) is 2.41. The van der Waals surface area contributed by atoms with Gasteiger partial charge in [0.05, 0.1) is 0 Å². The standard InChI is InChI=1S/C9H17ClO/c10-6-5-8-1-3-9(7-11)4-2-8/h8-9,11H,1-7H2. The molecule has 0 amide bonds. The van der Waals surface area contributed by atoms with Crippen LogP contribution in [0.3, 0.4) is 0 Å². The van der Waals surface area contributed by atoms with E-state index in [1.165, 1.54) is 32.1 Å². The Morgan fingerprint density at radius 3 is 2.09 bits per heavy atom. The minimum absolute atomic E-state index is 0.383. The van der Waals surface area contributed by atoms with Crippen molar-refractivity contribution in [2.75, 3.05) is 12.5 Å². The van der Waals surface area contributed by atoms with Crippen molar-refractivity contribution in [1.82, 2.24) is 0 Å². The molecule has 1 saturated carbocycles. The van der Waals surface area contributed by atoms with Crippen molar-refractivity contribution in [2.24, 2.45) is 11.8 Å². The van der Waals surface area contributed by atoms with E-state index in [1.54, 1.807) is 0 Å². The van der Waals surface area contributed by atoms with Crippen LogP contribution < -0.4 is 0 Å². The number of alkyl halides is 1. The first-order valence-electron chi connectivity index (χ1n) is 4.53. The Hall–Kier alpha value is 0.250. The maximum Gasteiger partial charge on any atom is 0.0459 e. The lowest BCUT2D eigenvalue weighted by Crippen LogP contribution is -2.17. The van der Waals surface area contributed by atoms with Gasteiger partial charge in [-0.15, -0.1) is 11.6 Å². The van der Waals surface area contributed by atoms with Gasteiger partial charge in [-0.25, -0.2) is 0 Å². The van der Waals surface area contributed by atoms with Crippen molar-refractivity contribution < 1.29 is 5.11 Å². The Kier molecular flexibility index (Phi) is 4.24. The van der Waals surface area contributed by atoms with Gasteiger partial charge in [-0.2, -0.15) is 0 Å². The normalized spacial score (nSPS) is 32.2. The average molecular weight is 177 g/mol. The molecular weight excluding hydrogens is 160 g/mol. The fraction of sp³-hybridized carbons (Fsp3) is 1.00. The number of halogens is 1. The van der Waals surface area contributed by atoms with Crippen molar-refractivity contribution >= 4 is 11.6 Å². The lowest BCUT2D eigenvalue weighted by Gasteiger charge is -2.26. The summed E-state index contributed by atoms with van der Waals surface area (Å²) in [5, 5.41) is 8.88. The molecule has 11 heavy (non-hydrogen) atoms. The van der Waals surface area contributed by atoms with Crippen LogP contribution >= 0.6 is 11.6 Å². The van der Waals surface area contributed by atoms with Crippen molar-refractivity contribution in [3.05, 3.63) is 0 Å². The zero-order valence-electron chi connectivity index (χ0n) is 6.93. The Balaban J connectivity index is 2.14. The van der Waals surface area contributed by atoms with Crippen LogP contribution in [0.1, 0.15) is 32.1 Å². The van der Waals surface area contributed by atoms with Crippen molar-refractivity contribution in [3.63, 3.8) is 0 Å². The number of aliphatic hydroxyl groups is 1. The van der Waals surface area contributed by atoms with E-state index in [4.69, 9.17) is 16.7 Å². The molecule has 0 unspecified atom stereocenters. The molecule has 1 N–H and O–H groups in total. The van der Waals surface area contributed by atoms with Gasteiger partial charge in [0.25, 0.3) is 0 Å². The molecule has 1 aliphatic rings. The minimum Gasteiger partial charge on any atom is -0.396 e. The largest absolute Gasteiger partial charge is 0.396 e. The first-order valence-corrected chi connectivity index (χ1v) is 5.07. The summed E-state index contributed by atoms with van der Waals surface area (Å²) in [6, 6.07) is 0. The van der Waals surface area contributed by atoms with Crippen molar-refractivity contribution in [1.29, 1.82) is 0 Å². The summed E-state index contributed by atoms with van der Waals surface area (Å²) in [6.45, 7) is 0.383. The van der Waals surface area contributed by atoms with Crippen LogP contribution in [0.4, 0.5) is 0 Å². The minimum atomic E-state index is 0.383. The van der Waals surface area contributed by atoms with Crippen LogP contribution in [0.2, 0.25) is 0 Å². The van der Waals surface area contributed by atoms with Crippen LogP contribution in [-0.2, 0) is 0 Å². The zero-order chi connectivity index (χ0) is 8.10. The van der Waals surface area contributed by atoms with E-state index in [2.05, 4.69) is 0 Å². The van der Waals surface area contributed by atoms with E-state index in [-0.39, 0.29) is 0 Å². The van der Waals surface area contributed by atoms with Crippen LogP contribution in [0.25, 0.3) is 0 Å². The number of aliphatic hydroxyl groups excluding tert-OH is 1. The maximum absolute atomic E-state index is 8.88. The topological polar surface area (TPSA) is 20.2 Å². The van der Waals surface area contributed by atoms with Crippen molar-refractivity contribution in [3.8, 4) is 0 Å². The molecular formula is C9H17ClO. The van der Waals surface area contributed by atoms with Gasteiger partial charge in [-0.3, -0.25) is 0 Å². The summed E-state index contributed by atoms with van der Waals surface area (Å²) >= 11 is 5.66. The fourth-order valence-corrected chi connectivity index (χ4v) is 2.17. The van der Waals surface area contributed by atoms with Gasteiger partial charge in [0, 0.05) is 12.5 Å². The smallest absolute Gasteiger partial charge is 0.0459 e. The van der Waals surface area contributed by atoms with E-state index in [1.807, 2.05) is 0 Å². The van der Waals surface area contributed by atoms with Crippen molar-refractivity contribution in [2.45, 2.75) is 32.1 Å². The first-order chi connectivity index (χ1) is 5.36. The molecule has 0 spiro atoms. The van der Waals surface area contributed by atoms with Gasteiger partial charge < -0.3 is 5.11 Å². The first kappa shape index (κ1) is 9.34. The van der Waals surface area contributed by atoms with E-state index >= 15 is 0 Å². The molecule has 0 saturated heterocycles. The molecule has 1 rings (SSSR count). The molecule has 2 heteroatoms. The second kappa shape index (κ2) is 5.00. The van der Waals surface area contributed by atoms with Gasteiger partial charge in [0.2, 0.25) is 0 Å². The van der Waals surface area contributed by atoms with Crippen LogP contribution in [0, 0.1) is 11.8 Å². The molecule has 0 aromatic rings. The monoisotopic (exact) mass is 176 g/mol. The zero-order valence-corrected chi connectivity index (χ0v) is 7.69. The van der Waals surface area contributed by atoms with Crippen LogP contribution in [-0.4, -0.2) is 17.6 Å². The molecule has 0 atom stereocenters. The molecule has 1 nitrogen and oxygen atoms in total. The highest BCUT2D eigenvalue weighted by atomic mass is 35.5. The molecule has 0 bridgehead atoms.